The second-order valence-electron chi connectivity index (χ2n) is 2.82. The smallest absolute Gasteiger partial charge is 0.221 e. The van der Waals surface area contributed by atoms with Gasteiger partial charge in [-0.15, -0.1) is 0 Å². The van der Waals surface area contributed by atoms with E-state index in [1.165, 1.54) is 6.92 Å². The molecule has 0 bridgehead atoms. The van der Waals surface area contributed by atoms with Crippen LogP contribution in [0.1, 0.15) is 6.92 Å². The largest absolute Gasteiger partial charge is 0.326 e. The highest BCUT2D eigenvalue weighted by Crippen LogP contribution is 2.01. The molecule has 1 N–H and O–H groups in total. The van der Waals surface area contributed by atoms with Gasteiger partial charge in [-0.05, 0) is 12.1 Å². The molecule has 0 atom stereocenters. The third-order valence-corrected chi connectivity index (χ3v) is 1.54. The van der Waals surface area contributed by atoms with Crippen LogP contribution in [0.2, 0.25) is 0 Å². The summed E-state index contributed by atoms with van der Waals surface area (Å²) >= 11 is 0. The molecule has 0 aromatic heterocycles. The van der Waals surface area contributed by atoms with Gasteiger partial charge < -0.3 is 5.32 Å². The van der Waals surface area contributed by atoms with Crippen molar-refractivity contribution < 1.29 is 4.79 Å². The number of hydrogen-bond acceptors (Lipinski definition) is 1. The SMILES string of the molecule is CC(=O)Nc1ccccccccc1. The molecule has 0 fully saturated rings. The summed E-state index contributed by atoms with van der Waals surface area (Å²) in [6.07, 6.45) is 0. The number of carbonyl (C=O) groups excluding carboxylic acids is 1. The summed E-state index contributed by atoms with van der Waals surface area (Å²) in [5.41, 5.74) is 0.786. The third-order valence-electron chi connectivity index (χ3n) is 1.54. The van der Waals surface area contributed by atoms with Gasteiger partial charge in [-0.25, -0.2) is 0 Å². The van der Waals surface area contributed by atoms with Crippen LogP contribution in [0.4, 0.5) is 5.69 Å². The van der Waals surface area contributed by atoms with E-state index in [2.05, 4.69) is 5.32 Å². The minimum atomic E-state index is -0.0640. The molecule has 0 aliphatic rings. The first-order valence-corrected chi connectivity index (χ1v) is 4.45. The first-order valence-electron chi connectivity index (χ1n) is 4.45. The molecule has 1 aromatic rings. The van der Waals surface area contributed by atoms with Crippen molar-refractivity contribution in [2.75, 3.05) is 5.32 Å². The lowest BCUT2D eigenvalue weighted by Gasteiger charge is -1.96. The van der Waals surface area contributed by atoms with E-state index in [0.717, 1.165) is 5.69 Å². The van der Waals surface area contributed by atoms with Crippen molar-refractivity contribution in [2.45, 2.75) is 6.92 Å². The van der Waals surface area contributed by atoms with Gasteiger partial charge in [-0.2, -0.15) is 0 Å². The maximum atomic E-state index is 10.8. The van der Waals surface area contributed by atoms with Crippen molar-refractivity contribution in [1.29, 1.82) is 0 Å². The summed E-state index contributed by atoms with van der Waals surface area (Å²) < 4.78 is 0. The Hall–Kier alpha value is -1.83. The normalized spacial score (nSPS) is 8.64. The van der Waals surface area contributed by atoms with Gasteiger partial charge in [0.25, 0.3) is 0 Å². The van der Waals surface area contributed by atoms with E-state index in [1.807, 2.05) is 54.6 Å². The van der Waals surface area contributed by atoms with E-state index in [9.17, 15) is 4.79 Å². The number of anilines is 1. The minimum absolute atomic E-state index is 0.0640. The monoisotopic (exact) mass is 187 g/mol. The molecule has 72 valence electrons. The van der Waals surface area contributed by atoms with Crippen LogP contribution >= 0.6 is 0 Å². The predicted octanol–water partition coefficient (Wildman–Crippen LogP) is 2.77. The Kier molecular flexibility index (Phi) is 4.21. The molecule has 0 heterocycles. The maximum Gasteiger partial charge on any atom is 0.221 e. The zero-order valence-corrected chi connectivity index (χ0v) is 8.10. The van der Waals surface area contributed by atoms with Crippen LogP contribution in [0.25, 0.3) is 0 Å². The van der Waals surface area contributed by atoms with Crippen molar-refractivity contribution in [2.24, 2.45) is 0 Å². The van der Waals surface area contributed by atoms with Crippen LogP contribution < -0.4 is 5.32 Å². The summed E-state index contributed by atoms with van der Waals surface area (Å²) in [7, 11) is 0. The van der Waals surface area contributed by atoms with Gasteiger partial charge in [0.15, 0.2) is 0 Å². The molecular weight excluding hydrogens is 174 g/mol. The van der Waals surface area contributed by atoms with Gasteiger partial charge >= 0.3 is 0 Å². The first kappa shape index (κ1) is 10.3. The van der Waals surface area contributed by atoms with E-state index in [0.29, 0.717) is 0 Å². The standard InChI is InChI=1S/C12H13NO/c1-11(14)13-12-9-7-5-3-2-4-6-8-10-12/h2-10H,1H3,(H,13,14). The molecule has 14 heavy (non-hydrogen) atoms. The van der Waals surface area contributed by atoms with Gasteiger partial charge in [0.1, 0.15) is 0 Å². The van der Waals surface area contributed by atoms with Gasteiger partial charge in [0.05, 0.1) is 0 Å². The van der Waals surface area contributed by atoms with Crippen LogP contribution in [0, 0.1) is 0 Å². The maximum absolute atomic E-state index is 10.8. The van der Waals surface area contributed by atoms with Crippen LogP contribution in [-0.4, -0.2) is 5.91 Å². The number of hydrogen-bond donors (Lipinski definition) is 1. The highest BCUT2D eigenvalue weighted by Gasteiger charge is 1.88. The molecule has 1 amide bonds. The van der Waals surface area contributed by atoms with Crippen LogP contribution in [0.15, 0.2) is 54.6 Å². The summed E-state index contributed by atoms with van der Waals surface area (Å²) in [5, 5.41) is 2.72. The molecule has 0 spiro atoms. The molecule has 2 heteroatoms. The Bertz CT molecular complexity index is 334. The fourth-order valence-corrected chi connectivity index (χ4v) is 0.981. The Morgan fingerprint density at radius 2 is 1.36 bits per heavy atom. The van der Waals surface area contributed by atoms with E-state index in [1.54, 1.807) is 0 Å². The van der Waals surface area contributed by atoms with E-state index >= 15 is 0 Å². The summed E-state index contributed by atoms with van der Waals surface area (Å²) in [6, 6.07) is 17.1. The van der Waals surface area contributed by atoms with Crippen molar-refractivity contribution >= 4 is 11.6 Å². The average molecular weight is 187 g/mol. The second kappa shape index (κ2) is 5.75. The molecule has 0 aliphatic carbocycles. The molecule has 0 radical (unpaired) electrons. The van der Waals surface area contributed by atoms with Crippen LogP contribution in [-0.2, 0) is 4.79 Å². The van der Waals surface area contributed by atoms with E-state index in [4.69, 9.17) is 0 Å². The quantitative estimate of drug-likeness (QED) is 0.719. The van der Waals surface area contributed by atoms with Crippen molar-refractivity contribution in [3.63, 3.8) is 0 Å². The average Bonchev–Trinajstić information content (AvgIpc) is 2.15. The fourth-order valence-electron chi connectivity index (χ4n) is 0.981. The summed E-state index contributed by atoms with van der Waals surface area (Å²) in [6.45, 7) is 1.49. The van der Waals surface area contributed by atoms with Gasteiger partial charge in [0, 0.05) is 12.6 Å². The van der Waals surface area contributed by atoms with Crippen molar-refractivity contribution in [3.8, 4) is 0 Å². The van der Waals surface area contributed by atoms with Gasteiger partial charge in [-0.1, -0.05) is 42.5 Å². The molecule has 0 aliphatic heterocycles. The number of rotatable bonds is 1. The third kappa shape index (κ3) is 4.26. The lowest BCUT2D eigenvalue weighted by atomic mass is 10.3. The first-order chi connectivity index (χ1) is 6.79. The summed E-state index contributed by atoms with van der Waals surface area (Å²) in [5.74, 6) is -0.0640. The molecule has 2 nitrogen and oxygen atoms in total. The van der Waals surface area contributed by atoms with Gasteiger partial charge in [0.2, 0.25) is 5.91 Å². The molecule has 0 unspecified atom stereocenters. The Labute approximate surface area is 83.9 Å². The van der Waals surface area contributed by atoms with Crippen molar-refractivity contribution in [3.05, 3.63) is 54.6 Å². The van der Waals surface area contributed by atoms with Crippen molar-refractivity contribution in [1.82, 2.24) is 0 Å². The Morgan fingerprint density at radius 3 is 1.79 bits per heavy atom. The highest BCUT2D eigenvalue weighted by atomic mass is 16.1. The topological polar surface area (TPSA) is 29.1 Å². The van der Waals surface area contributed by atoms with Gasteiger partial charge in [-0.3, -0.25) is 4.79 Å². The molecule has 0 saturated carbocycles. The number of carbonyl (C=O) groups is 1. The van der Waals surface area contributed by atoms with E-state index < -0.39 is 0 Å². The molecule has 1 aromatic carbocycles. The second-order valence-corrected chi connectivity index (χ2v) is 2.82. The molecular formula is C12H13NO. The van der Waals surface area contributed by atoms with E-state index in [-0.39, 0.29) is 5.91 Å². The minimum Gasteiger partial charge on any atom is -0.326 e. The predicted molar refractivity (Wildman–Crippen MR) is 58.4 cm³/mol. The zero-order chi connectivity index (χ0) is 10.2. The Morgan fingerprint density at radius 1 is 0.929 bits per heavy atom. The van der Waals surface area contributed by atoms with Crippen LogP contribution in [0.3, 0.4) is 0 Å². The zero-order valence-electron chi connectivity index (χ0n) is 8.10. The lowest BCUT2D eigenvalue weighted by molar-refractivity contribution is -0.114. The number of nitrogens with one attached hydrogen (secondary N) is 1. The summed E-state index contributed by atoms with van der Waals surface area (Å²) in [4.78, 5) is 10.8. The number of amides is 1. The molecule has 1 rings (SSSR count). The highest BCUT2D eigenvalue weighted by molar-refractivity contribution is 5.88. The Balaban J connectivity index is 3.01. The molecule has 0 saturated heterocycles. The lowest BCUT2D eigenvalue weighted by Crippen LogP contribution is -2.04. The van der Waals surface area contributed by atoms with Crippen LogP contribution in [0.5, 0.6) is 0 Å². The fraction of sp³-hybridized carbons (Fsp3) is 0.0833.